The SMILES string of the molecule is C=C(C)C1CCC(CN2CCC(N)CC2)CC1. The Balaban J connectivity index is 1.69. The van der Waals surface area contributed by atoms with Crippen molar-refractivity contribution in [3.05, 3.63) is 12.2 Å². The number of hydrogen-bond acceptors (Lipinski definition) is 2. The van der Waals surface area contributed by atoms with Crippen LogP contribution in [0.25, 0.3) is 0 Å². The smallest absolute Gasteiger partial charge is 0.00631 e. The van der Waals surface area contributed by atoms with Gasteiger partial charge in [-0.15, -0.1) is 0 Å². The average Bonchev–Trinajstić information content (AvgIpc) is 2.33. The van der Waals surface area contributed by atoms with Crippen LogP contribution in [0.3, 0.4) is 0 Å². The van der Waals surface area contributed by atoms with Gasteiger partial charge in [0.05, 0.1) is 0 Å². The molecule has 1 saturated carbocycles. The molecule has 2 nitrogen and oxygen atoms in total. The van der Waals surface area contributed by atoms with Gasteiger partial charge >= 0.3 is 0 Å². The van der Waals surface area contributed by atoms with Crippen LogP contribution in [-0.2, 0) is 0 Å². The molecule has 0 aromatic rings. The summed E-state index contributed by atoms with van der Waals surface area (Å²) in [5.74, 6) is 1.74. The Kier molecular flexibility index (Phi) is 4.63. The Bertz CT molecular complexity index is 246. The van der Waals surface area contributed by atoms with Crippen molar-refractivity contribution in [2.24, 2.45) is 17.6 Å². The third-order valence-corrected chi connectivity index (χ3v) is 4.69. The zero-order valence-electron chi connectivity index (χ0n) is 11.3. The highest BCUT2D eigenvalue weighted by molar-refractivity contribution is 4.98. The van der Waals surface area contributed by atoms with Gasteiger partial charge < -0.3 is 10.6 Å². The van der Waals surface area contributed by atoms with Crippen molar-refractivity contribution in [1.29, 1.82) is 0 Å². The molecule has 98 valence electrons. The van der Waals surface area contributed by atoms with E-state index in [0.717, 1.165) is 11.8 Å². The van der Waals surface area contributed by atoms with Crippen LogP contribution in [0.4, 0.5) is 0 Å². The van der Waals surface area contributed by atoms with E-state index in [2.05, 4.69) is 18.4 Å². The zero-order chi connectivity index (χ0) is 12.3. The summed E-state index contributed by atoms with van der Waals surface area (Å²) in [6.45, 7) is 10.1. The third kappa shape index (κ3) is 3.82. The van der Waals surface area contributed by atoms with Crippen LogP contribution in [0.1, 0.15) is 45.4 Å². The average molecular weight is 236 g/mol. The van der Waals surface area contributed by atoms with Crippen molar-refractivity contribution >= 4 is 0 Å². The van der Waals surface area contributed by atoms with Gasteiger partial charge in [0.15, 0.2) is 0 Å². The van der Waals surface area contributed by atoms with E-state index in [0.29, 0.717) is 6.04 Å². The standard InChI is InChI=1S/C15H28N2/c1-12(2)14-5-3-13(4-6-14)11-17-9-7-15(16)8-10-17/h13-15H,1,3-11,16H2,2H3. The fourth-order valence-corrected chi connectivity index (χ4v) is 3.34. The fourth-order valence-electron chi connectivity index (χ4n) is 3.34. The first-order chi connectivity index (χ1) is 8.15. The van der Waals surface area contributed by atoms with E-state index in [9.17, 15) is 0 Å². The van der Waals surface area contributed by atoms with E-state index in [1.165, 1.54) is 63.7 Å². The van der Waals surface area contributed by atoms with Crippen LogP contribution in [-0.4, -0.2) is 30.6 Å². The maximum absolute atomic E-state index is 5.95. The highest BCUT2D eigenvalue weighted by Crippen LogP contribution is 2.33. The lowest BCUT2D eigenvalue weighted by molar-refractivity contribution is 0.156. The molecule has 0 spiro atoms. The van der Waals surface area contributed by atoms with E-state index < -0.39 is 0 Å². The summed E-state index contributed by atoms with van der Waals surface area (Å²) < 4.78 is 0. The molecule has 2 aliphatic rings. The van der Waals surface area contributed by atoms with Crippen molar-refractivity contribution < 1.29 is 0 Å². The number of piperidine rings is 1. The van der Waals surface area contributed by atoms with E-state index in [1.54, 1.807) is 0 Å². The molecule has 1 aliphatic carbocycles. The first-order valence-electron chi connectivity index (χ1n) is 7.28. The van der Waals surface area contributed by atoms with E-state index in [1.807, 2.05) is 0 Å². The number of allylic oxidation sites excluding steroid dienone is 1. The number of nitrogens with zero attached hydrogens (tertiary/aromatic N) is 1. The van der Waals surface area contributed by atoms with Crippen molar-refractivity contribution in [2.75, 3.05) is 19.6 Å². The zero-order valence-corrected chi connectivity index (χ0v) is 11.3. The van der Waals surface area contributed by atoms with Gasteiger partial charge in [0, 0.05) is 12.6 Å². The molecule has 0 aromatic carbocycles. The highest BCUT2D eigenvalue weighted by atomic mass is 15.1. The monoisotopic (exact) mass is 236 g/mol. The Morgan fingerprint density at radius 1 is 1.12 bits per heavy atom. The van der Waals surface area contributed by atoms with Gasteiger partial charge in [0.1, 0.15) is 0 Å². The van der Waals surface area contributed by atoms with Crippen LogP contribution in [0.2, 0.25) is 0 Å². The van der Waals surface area contributed by atoms with Crippen LogP contribution in [0.15, 0.2) is 12.2 Å². The number of nitrogens with two attached hydrogens (primary N) is 1. The fraction of sp³-hybridized carbons (Fsp3) is 0.867. The lowest BCUT2D eigenvalue weighted by atomic mass is 9.79. The molecule has 1 saturated heterocycles. The van der Waals surface area contributed by atoms with Gasteiger partial charge in [-0.3, -0.25) is 0 Å². The first kappa shape index (κ1) is 13.1. The summed E-state index contributed by atoms with van der Waals surface area (Å²) >= 11 is 0. The second-order valence-corrected chi connectivity index (χ2v) is 6.20. The molecule has 2 heteroatoms. The van der Waals surface area contributed by atoms with Gasteiger partial charge in [-0.2, -0.15) is 0 Å². The van der Waals surface area contributed by atoms with Crippen LogP contribution in [0.5, 0.6) is 0 Å². The number of likely N-dealkylation sites (tertiary alicyclic amines) is 1. The molecule has 0 aromatic heterocycles. The van der Waals surface area contributed by atoms with Crippen molar-refractivity contribution in [2.45, 2.75) is 51.5 Å². The largest absolute Gasteiger partial charge is 0.328 e. The minimum Gasteiger partial charge on any atom is -0.328 e. The van der Waals surface area contributed by atoms with E-state index in [-0.39, 0.29) is 0 Å². The van der Waals surface area contributed by atoms with Crippen LogP contribution >= 0.6 is 0 Å². The summed E-state index contributed by atoms with van der Waals surface area (Å²) in [5.41, 5.74) is 7.34. The quantitative estimate of drug-likeness (QED) is 0.764. The first-order valence-corrected chi connectivity index (χ1v) is 7.28. The molecular weight excluding hydrogens is 208 g/mol. The Morgan fingerprint density at radius 2 is 1.71 bits per heavy atom. The maximum atomic E-state index is 5.95. The Hall–Kier alpha value is -0.340. The molecule has 1 aliphatic heterocycles. The predicted octanol–water partition coefficient (Wildman–Crippen LogP) is 2.79. The highest BCUT2D eigenvalue weighted by Gasteiger charge is 2.24. The molecule has 0 unspecified atom stereocenters. The molecule has 1 heterocycles. The number of hydrogen-bond donors (Lipinski definition) is 1. The van der Waals surface area contributed by atoms with Crippen molar-refractivity contribution in [3.63, 3.8) is 0 Å². The van der Waals surface area contributed by atoms with Gasteiger partial charge in [0.25, 0.3) is 0 Å². The minimum absolute atomic E-state index is 0.463. The molecule has 0 bridgehead atoms. The van der Waals surface area contributed by atoms with Gasteiger partial charge in [-0.25, -0.2) is 0 Å². The normalized spacial score (nSPS) is 32.6. The maximum Gasteiger partial charge on any atom is 0.00631 e. The lowest BCUT2D eigenvalue weighted by Crippen LogP contribution is -2.42. The Morgan fingerprint density at radius 3 is 2.24 bits per heavy atom. The van der Waals surface area contributed by atoms with Gasteiger partial charge in [-0.1, -0.05) is 12.2 Å². The molecule has 0 amide bonds. The van der Waals surface area contributed by atoms with Crippen molar-refractivity contribution in [1.82, 2.24) is 4.90 Å². The summed E-state index contributed by atoms with van der Waals surface area (Å²) in [6, 6.07) is 0.463. The van der Waals surface area contributed by atoms with Gasteiger partial charge in [0.2, 0.25) is 0 Å². The molecule has 2 rings (SSSR count). The van der Waals surface area contributed by atoms with Crippen LogP contribution < -0.4 is 5.73 Å². The van der Waals surface area contributed by atoms with E-state index >= 15 is 0 Å². The summed E-state index contributed by atoms with van der Waals surface area (Å²) in [6.07, 6.45) is 7.93. The molecule has 2 N–H and O–H groups in total. The molecule has 2 fully saturated rings. The van der Waals surface area contributed by atoms with E-state index in [4.69, 9.17) is 5.73 Å². The summed E-state index contributed by atoms with van der Waals surface area (Å²) in [7, 11) is 0. The molecular formula is C15H28N2. The second-order valence-electron chi connectivity index (χ2n) is 6.20. The van der Waals surface area contributed by atoms with Crippen LogP contribution in [0, 0.1) is 11.8 Å². The topological polar surface area (TPSA) is 29.3 Å². The predicted molar refractivity (Wildman–Crippen MR) is 73.9 cm³/mol. The lowest BCUT2D eigenvalue weighted by Gasteiger charge is -2.36. The molecule has 17 heavy (non-hydrogen) atoms. The molecule has 0 atom stereocenters. The molecule has 0 radical (unpaired) electrons. The second kappa shape index (κ2) is 6.01. The van der Waals surface area contributed by atoms with Crippen molar-refractivity contribution in [3.8, 4) is 0 Å². The third-order valence-electron chi connectivity index (χ3n) is 4.69. The van der Waals surface area contributed by atoms with Gasteiger partial charge in [-0.05, 0) is 70.4 Å². The minimum atomic E-state index is 0.463. The summed E-state index contributed by atoms with van der Waals surface area (Å²) in [4.78, 5) is 2.63. The summed E-state index contributed by atoms with van der Waals surface area (Å²) in [5, 5.41) is 0. The Labute approximate surface area is 106 Å². The number of rotatable bonds is 3.